The van der Waals surface area contributed by atoms with Crippen molar-refractivity contribution >= 4 is 17.2 Å². The molecule has 3 aromatic rings. The van der Waals surface area contributed by atoms with Gasteiger partial charge >= 0.3 is 0 Å². The molecule has 0 amide bonds. The monoisotopic (exact) mass is 352 g/mol. The van der Waals surface area contributed by atoms with Crippen LogP contribution >= 0.6 is 0 Å². The summed E-state index contributed by atoms with van der Waals surface area (Å²) in [6, 6.07) is 5.18. The Bertz CT molecular complexity index is 989. The number of aromatic nitrogens is 4. The summed E-state index contributed by atoms with van der Waals surface area (Å²) in [5, 5.41) is 0. The van der Waals surface area contributed by atoms with E-state index in [1.165, 1.54) is 6.07 Å². The lowest BCUT2D eigenvalue weighted by Gasteiger charge is -2.42. The number of benzene rings is 1. The van der Waals surface area contributed by atoms with Crippen molar-refractivity contribution in [3.8, 4) is 0 Å². The van der Waals surface area contributed by atoms with Gasteiger partial charge < -0.3 is 15.6 Å². The van der Waals surface area contributed by atoms with Gasteiger partial charge in [-0.1, -0.05) is 12.1 Å². The molecule has 1 saturated heterocycles. The minimum Gasteiger partial charge on any atom is -0.342 e. The smallest absolute Gasteiger partial charge is 0.206 e. The van der Waals surface area contributed by atoms with E-state index in [-0.39, 0.29) is 17.3 Å². The fourth-order valence-corrected chi connectivity index (χ4v) is 4.52. The van der Waals surface area contributed by atoms with E-state index in [0.717, 1.165) is 55.1 Å². The first-order valence-corrected chi connectivity index (χ1v) is 9.03. The maximum atomic E-state index is 14.2. The van der Waals surface area contributed by atoms with E-state index in [4.69, 9.17) is 5.73 Å². The van der Waals surface area contributed by atoms with Crippen molar-refractivity contribution in [3.63, 3.8) is 0 Å². The lowest BCUT2D eigenvalue weighted by molar-refractivity contribution is 0.186. The molecule has 1 aromatic carbocycles. The van der Waals surface area contributed by atoms with Crippen LogP contribution in [0.15, 0.2) is 24.4 Å². The molecule has 0 radical (unpaired) electrons. The molecular weight excluding hydrogens is 331 g/mol. The van der Waals surface area contributed by atoms with Crippen LogP contribution in [0.3, 0.4) is 0 Å². The summed E-state index contributed by atoms with van der Waals surface area (Å²) in [4.78, 5) is 18.8. The van der Waals surface area contributed by atoms with E-state index < -0.39 is 0 Å². The third-order valence-electron chi connectivity index (χ3n) is 6.05. The van der Waals surface area contributed by atoms with Gasteiger partial charge in [-0.2, -0.15) is 4.98 Å². The number of anilines is 1. The Morgan fingerprint density at radius 2 is 2.08 bits per heavy atom. The summed E-state index contributed by atoms with van der Waals surface area (Å²) >= 11 is 0. The number of halogens is 1. The quantitative estimate of drug-likeness (QED) is 0.703. The Hall–Kier alpha value is -2.54. The molecule has 1 aliphatic heterocycles. The summed E-state index contributed by atoms with van der Waals surface area (Å²) in [6.45, 7) is 3.58. The molecule has 1 fully saturated rings. The third-order valence-corrected chi connectivity index (χ3v) is 6.05. The molecule has 134 valence electrons. The van der Waals surface area contributed by atoms with Crippen molar-refractivity contribution in [2.24, 2.45) is 11.1 Å². The van der Waals surface area contributed by atoms with E-state index in [1.54, 1.807) is 12.3 Å². The highest BCUT2D eigenvalue weighted by Crippen LogP contribution is 2.51. The predicted molar refractivity (Wildman–Crippen MR) is 97.3 cm³/mol. The number of rotatable bonds is 1. The predicted octanol–water partition coefficient (Wildman–Crippen LogP) is 2.64. The zero-order valence-electron chi connectivity index (χ0n) is 14.7. The number of aromatic amines is 1. The summed E-state index contributed by atoms with van der Waals surface area (Å²) < 4.78 is 14.2. The summed E-state index contributed by atoms with van der Waals surface area (Å²) in [6.07, 6.45) is 4.28. The molecule has 1 spiro atoms. The Balaban J connectivity index is 1.38. The van der Waals surface area contributed by atoms with Gasteiger partial charge in [-0.15, -0.1) is 0 Å². The van der Waals surface area contributed by atoms with Crippen LogP contribution in [0.1, 0.15) is 35.7 Å². The Labute approximate surface area is 150 Å². The Morgan fingerprint density at radius 3 is 2.85 bits per heavy atom. The standard InChI is InChI=1S/C19H21FN6/c1-11-10-22-16-17(23-11)25-18(24-16)26-7-5-19(6-8-26)9-13-12(15(19)21)3-2-4-14(13)20/h2-4,10,15H,5-9,21H2,1H3,(H,22,23,24,25)/t15-/m1/s1. The number of nitrogens with zero attached hydrogens (tertiary/aromatic N) is 4. The lowest BCUT2D eigenvalue weighted by Crippen LogP contribution is -2.44. The van der Waals surface area contributed by atoms with E-state index in [2.05, 4.69) is 24.8 Å². The average molecular weight is 352 g/mol. The normalized spacial score (nSPS) is 21.5. The number of piperidine rings is 1. The molecule has 0 unspecified atom stereocenters. The van der Waals surface area contributed by atoms with Gasteiger partial charge in [0.05, 0.1) is 11.9 Å². The number of hydrogen-bond donors (Lipinski definition) is 2. The molecule has 5 rings (SSSR count). The van der Waals surface area contributed by atoms with Crippen LogP contribution in [0, 0.1) is 18.2 Å². The number of nitrogens with two attached hydrogens (primary N) is 1. The SMILES string of the molecule is Cc1cnc2nc(N3CCC4(CC3)Cc3c(F)cccc3[C@H]4N)[nH]c2n1. The van der Waals surface area contributed by atoms with Crippen molar-refractivity contribution in [2.45, 2.75) is 32.2 Å². The first-order valence-electron chi connectivity index (χ1n) is 9.03. The minimum atomic E-state index is -0.123. The highest BCUT2D eigenvalue weighted by Gasteiger charge is 2.47. The molecular formula is C19H21FN6. The fourth-order valence-electron chi connectivity index (χ4n) is 4.52. The zero-order valence-corrected chi connectivity index (χ0v) is 14.7. The molecule has 0 bridgehead atoms. The summed E-state index contributed by atoms with van der Waals surface area (Å²) in [5.41, 5.74) is 10.5. The zero-order chi connectivity index (χ0) is 17.9. The molecule has 2 aromatic heterocycles. The van der Waals surface area contributed by atoms with Crippen molar-refractivity contribution in [1.29, 1.82) is 0 Å². The first-order chi connectivity index (χ1) is 12.6. The highest BCUT2D eigenvalue weighted by atomic mass is 19.1. The number of nitrogens with one attached hydrogen (secondary N) is 1. The topological polar surface area (TPSA) is 83.7 Å². The highest BCUT2D eigenvalue weighted by molar-refractivity contribution is 5.69. The molecule has 2 aliphatic rings. The summed E-state index contributed by atoms with van der Waals surface area (Å²) in [7, 11) is 0. The van der Waals surface area contributed by atoms with Gasteiger partial charge in [-0.05, 0) is 48.8 Å². The second kappa shape index (κ2) is 5.48. The van der Waals surface area contributed by atoms with Gasteiger partial charge in [-0.3, -0.25) is 0 Å². The molecule has 3 heterocycles. The molecule has 3 N–H and O–H groups in total. The second-order valence-electron chi connectivity index (χ2n) is 7.56. The van der Waals surface area contributed by atoms with Crippen LogP contribution in [-0.2, 0) is 6.42 Å². The van der Waals surface area contributed by atoms with Crippen molar-refractivity contribution in [3.05, 3.63) is 47.0 Å². The average Bonchev–Trinajstić information content (AvgIpc) is 3.17. The van der Waals surface area contributed by atoms with Gasteiger partial charge in [0.15, 0.2) is 11.3 Å². The van der Waals surface area contributed by atoms with Gasteiger partial charge in [0.25, 0.3) is 0 Å². The van der Waals surface area contributed by atoms with Crippen LogP contribution < -0.4 is 10.6 Å². The Kier molecular flexibility index (Phi) is 3.31. The first kappa shape index (κ1) is 15.7. The number of H-pyrrole nitrogens is 1. The van der Waals surface area contributed by atoms with Crippen LogP contribution in [0.4, 0.5) is 10.3 Å². The van der Waals surface area contributed by atoms with E-state index >= 15 is 0 Å². The molecule has 1 aliphatic carbocycles. The number of fused-ring (bicyclic) bond motifs is 2. The van der Waals surface area contributed by atoms with Gasteiger partial charge in [0, 0.05) is 19.1 Å². The van der Waals surface area contributed by atoms with Crippen LogP contribution in [-0.4, -0.2) is 33.0 Å². The van der Waals surface area contributed by atoms with Gasteiger partial charge in [0.1, 0.15) is 5.82 Å². The number of hydrogen-bond acceptors (Lipinski definition) is 5. The molecule has 0 saturated carbocycles. The van der Waals surface area contributed by atoms with Crippen LogP contribution in [0.5, 0.6) is 0 Å². The largest absolute Gasteiger partial charge is 0.342 e. The van der Waals surface area contributed by atoms with Gasteiger partial charge in [-0.25, -0.2) is 14.4 Å². The van der Waals surface area contributed by atoms with Crippen LogP contribution in [0.25, 0.3) is 11.3 Å². The minimum absolute atomic E-state index is 0.0554. The maximum absolute atomic E-state index is 14.2. The summed E-state index contributed by atoms with van der Waals surface area (Å²) in [5.74, 6) is 0.678. The molecule has 6 nitrogen and oxygen atoms in total. The maximum Gasteiger partial charge on any atom is 0.206 e. The van der Waals surface area contributed by atoms with Crippen molar-refractivity contribution < 1.29 is 4.39 Å². The molecule has 1 atom stereocenters. The van der Waals surface area contributed by atoms with E-state index in [1.807, 2.05) is 13.0 Å². The number of aryl methyl sites for hydroxylation is 1. The van der Waals surface area contributed by atoms with Crippen molar-refractivity contribution in [2.75, 3.05) is 18.0 Å². The third kappa shape index (κ3) is 2.23. The van der Waals surface area contributed by atoms with Crippen LogP contribution in [0.2, 0.25) is 0 Å². The van der Waals surface area contributed by atoms with Gasteiger partial charge in [0.2, 0.25) is 5.95 Å². The molecule has 7 heteroatoms. The lowest BCUT2D eigenvalue weighted by atomic mass is 9.73. The Morgan fingerprint density at radius 1 is 1.27 bits per heavy atom. The molecule has 26 heavy (non-hydrogen) atoms. The van der Waals surface area contributed by atoms with E-state index in [9.17, 15) is 4.39 Å². The number of imidazole rings is 1. The fraction of sp³-hybridized carbons (Fsp3) is 0.421. The van der Waals surface area contributed by atoms with Crippen molar-refractivity contribution in [1.82, 2.24) is 19.9 Å². The second-order valence-corrected chi connectivity index (χ2v) is 7.56. The van der Waals surface area contributed by atoms with E-state index in [0.29, 0.717) is 11.3 Å².